The van der Waals surface area contributed by atoms with Gasteiger partial charge < -0.3 is 60.4 Å². The van der Waals surface area contributed by atoms with Crippen LogP contribution in [0.4, 0.5) is 0 Å². The molecule has 0 unspecified atom stereocenters. The summed E-state index contributed by atoms with van der Waals surface area (Å²) in [4.78, 5) is 90.8. The van der Waals surface area contributed by atoms with E-state index in [0.29, 0.717) is 19.4 Å². The molecule has 0 aliphatic heterocycles. The Bertz CT molecular complexity index is 1080. The molecule has 19 nitrogen and oxygen atoms in total. The third-order valence-corrected chi connectivity index (χ3v) is 6.66. The number of rotatable bonds is 23. The van der Waals surface area contributed by atoms with Crippen LogP contribution in [0.3, 0.4) is 0 Å². The molecule has 0 heterocycles. The second-order valence-corrected chi connectivity index (χ2v) is 11.0. The van der Waals surface area contributed by atoms with Crippen molar-refractivity contribution >= 4 is 47.4 Å². The lowest BCUT2D eigenvalue weighted by Crippen LogP contribution is -2.59. The lowest BCUT2D eigenvalue weighted by atomic mass is 10.0. The molecular weight excluding hydrogens is 606 g/mol. The van der Waals surface area contributed by atoms with E-state index in [1.165, 1.54) is 6.92 Å². The molecule has 16 N–H and O–H groups in total. The Balaban J connectivity index is 5.73. The van der Waals surface area contributed by atoms with Crippen molar-refractivity contribution in [2.75, 3.05) is 19.6 Å². The number of carboxylic acids is 1. The maximum Gasteiger partial charge on any atom is 0.326 e. The van der Waals surface area contributed by atoms with E-state index < -0.39 is 77.5 Å². The van der Waals surface area contributed by atoms with Crippen molar-refractivity contribution in [3.8, 4) is 0 Å². The summed E-state index contributed by atoms with van der Waals surface area (Å²) in [5, 5.41) is 21.9. The minimum atomic E-state index is -1.46. The first-order chi connectivity index (χ1) is 21.5. The largest absolute Gasteiger partial charge is 0.480 e. The number of nitrogens with one attached hydrogen (secondary N) is 5. The maximum atomic E-state index is 13.4. The van der Waals surface area contributed by atoms with Crippen molar-refractivity contribution in [1.29, 1.82) is 0 Å². The molecule has 0 aliphatic carbocycles. The molecule has 0 fully saturated rings. The Labute approximate surface area is 267 Å². The number of unbranched alkanes of at least 4 members (excludes halogenated alkanes) is 1. The Morgan fingerprint density at radius 2 is 1.24 bits per heavy atom. The van der Waals surface area contributed by atoms with Crippen LogP contribution in [0.2, 0.25) is 0 Å². The van der Waals surface area contributed by atoms with Crippen LogP contribution in [0.15, 0.2) is 4.99 Å². The lowest BCUT2D eigenvalue weighted by molar-refractivity contribution is -0.142. The number of aliphatic imine (C=N–C) groups is 1. The minimum Gasteiger partial charge on any atom is -0.480 e. The average Bonchev–Trinajstić information content (AvgIpc) is 2.97. The summed E-state index contributed by atoms with van der Waals surface area (Å²) in [6.45, 7) is 4.84. The van der Waals surface area contributed by atoms with Crippen LogP contribution < -0.4 is 55.3 Å². The number of nitrogens with two attached hydrogens (primary N) is 5. The molecule has 0 aromatic heterocycles. The van der Waals surface area contributed by atoms with Crippen LogP contribution >= 0.6 is 0 Å². The Morgan fingerprint density at radius 3 is 1.76 bits per heavy atom. The summed E-state index contributed by atoms with van der Waals surface area (Å²) in [5.74, 6) is -6.37. The number of aliphatic carboxylic acids is 1. The second-order valence-electron chi connectivity index (χ2n) is 11.0. The minimum absolute atomic E-state index is 0.0121. The average molecular weight is 658 g/mol. The van der Waals surface area contributed by atoms with E-state index in [1.807, 2.05) is 0 Å². The molecule has 0 radical (unpaired) electrons. The maximum absolute atomic E-state index is 13.4. The van der Waals surface area contributed by atoms with E-state index in [2.05, 4.69) is 31.6 Å². The molecule has 0 aromatic rings. The van der Waals surface area contributed by atoms with Crippen molar-refractivity contribution in [2.24, 2.45) is 39.6 Å². The van der Waals surface area contributed by atoms with Crippen molar-refractivity contribution in [1.82, 2.24) is 26.6 Å². The van der Waals surface area contributed by atoms with Gasteiger partial charge >= 0.3 is 5.97 Å². The van der Waals surface area contributed by atoms with Gasteiger partial charge in [-0.15, -0.1) is 0 Å². The van der Waals surface area contributed by atoms with Gasteiger partial charge in [-0.25, -0.2) is 4.79 Å². The number of carbonyl (C=O) groups excluding carboxylic acids is 6. The number of amides is 6. The summed E-state index contributed by atoms with van der Waals surface area (Å²) in [7, 11) is 0. The molecule has 262 valence electrons. The SMILES string of the molecule is CC(C)[C@H](NC(=O)[C@H](C)NC(=O)[C@H](CCCCN)NC(=O)CN)C(=O)N[C@@H](CCCN=C(N)N)C(=O)N[C@@H](CCC(N)=O)C(=O)O. The van der Waals surface area contributed by atoms with Gasteiger partial charge in [0.2, 0.25) is 35.4 Å². The highest BCUT2D eigenvalue weighted by atomic mass is 16.4. The topological polar surface area (TPSA) is 342 Å². The third kappa shape index (κ3) is 17.1. The van der Waals surface area contributed by atoms with Gasteiger partial charge in [-0.3, -0.25) is 33.8 Å². The molecular formula is C27H51N11O8. The summed E-state index contributed by atoms with van der Waals surface area (Å²) in [5.41, 5.74) is 26.6. The van der Waals surface area contributed by atoms with Crippen molar-refractivity contribution in [3.63, 3.8) is 0 Å². The van der Waals surface area contributed by atoms with Crippen molar-refractivity contribution in [3.05, 3.63) is 0 Å². The van der Waals surface area contributed by atoms with Gasteiger partial charge in [-0.2, -0.15) is 0 Å². The number of hydrogen-bond donors (Lipinski definition) is 11. The monoisotopic (exact) mass is 657 g/mol. The van der Waals surface area contributed by atoms with E-state index in [-0.39, 0.29) is 51.2 Å². The second kappa shape index (κ2) is 22.1. The van der Waals surface area contributed by atoms with Gasteiger partial charge in [0.25, 0.3) is 0 Å². The molecule has 0 aliphatic rings. The van der Waals surface area contributed by atoms with E-state index in [9.17, 15) is 38.7 Å². The normalized spacial score (nSPS) is 14.0. The predicted octanol–water partition coefficient (Wildman–Crippen LogP) is -4.42. The highest BCUT2D eigenvalue weighted by Gasteiger charge is 2.32. The molecule has 0 rings (SSSR count). The van der Waals surface area contributed by atoms with Crippen LogP contribution in [0.1, 0.15) is 65.7 Å². The van der Waals surface area contributed by atoms with E-state index >= 15 is 0 Å². The number of nitrogens with zero attached hydrogens (tertiary/aromatic N) is 1. The first-order valence-electron chi connectivity index (χ1n) is 15.0. The Hall–Kier alpha value is -4.52. The van der Waals surface area contributed by atoms with Gasteiger partial charge in [0.15, 0.2) is 5.96 Å². The van der Waals surface area contributed by atoms with Crippen LogP contribution in [-0.4, -0.2) is 102 Å². The number of primary amides is 1. The molecule has 0 saturated heterocycles. The van der Waals surface area contributed by atoms with Crippen molar-refractivity contribution in [2.45, 2.75) is 95.9 Å². The van der Waals surface area contributed by atoms with Crippen molar-refractivity contribution < 1.29 is 38.7 Å². The first kappa shape index (κ1) is 41.5. The van der Waals surface area contributed by atoms with Crippen LogP contribution in [0, 0.1) is 5.92 Å². The van der Waals surface area contributed by atoms with Gasteiger partial charge in [0, 0.05) is 13.0 Å². The van der Waals surface area contributed by atoms with Gasteiger partial charge in [0.1, 0.15) is 30.2 Å². The quantitative estimate of drug-likeness (QED) is 0.0282. The molecule has 0 bridgehead atoms. The zero-order valence-electron chi connectivity index (χ0n) is 26.7. The predicted molar refractivity (Wildman–Crippen MR) is 168 cm³/mol. The molecule has 6 amide bonds. The van der Waals surface area contributed by atoms with E-state index in [1.54, 1.807) is 13.8 Å². The standard InChI is InChI=1S/C27H51N11O8/c1-14(2)21(38-22(41)15(3)34-23(42)16(7-4-5-11-28)35-20(40)13-29)25(44)36-17(8-6-12-33-27(31)32)24(43)37-18(26(45)46)9-10-19(30)39/h14-18,21H,4-13,28-29H2,1-3H3,(H2,30,39)(H,34,42)(H,35,40)(H,36,44)(H,37,43)(H,38,41)(H,45,46)(H4,31,32,33)/t15-,16-,17-,18-,21-/m0/s1. The zero-order valence-corrected chi connectivity index (χ0v) is 26.7. The molecule has 19 heteroatoms. The molecule has 5 atom stereocenters. The fourth-order valence-electron chi connectivity index (χ4n) is 4.06. The van der Waals surface area contributed by atoms with Crippen LogP contribution in [0.25, 0.3) is 0 Å². The highest BCUT2D eigenvalue weighted by molar-refractivity contribution is 5.96. The van der Waals surface area contributed by atoms with Gasteiger partial charge in [-0.1, -0.05) is 13.8 Å². The molecule has 0 aromatic carbocycles. The fourth-order valence-corrected chi connectivity index (χ4v) is 4.06. The van der Waals surface area contributed by atoms with Crippen LogP contribution in [-0.2, 0) is 33.6 Å². The van der Waals surface area contributed by atoms with E-state index in [4.69, 9.17) is 28.7 Å². The Morgan fingerprint density at radius 1 is 0.674 bits per heavy atom. The number of hydrogen-bond acceptors (Lipinski definition) is 10. The van der Waals surface area contributed by atoms with E-state index in [0.717, 1.165) is 0 Å². The first-order valence-corrected chi connectivity index (χ1v) is 15.0. The fraction of sp³-hybridized carbons (Fsp3) is 0.704. The molecule has 46 heavy (non-hydrogen) atoms. The lowest BCUT2D eigenvalue weighted by Gasteiger charge is -2.27. The smallest absolute Gasteiger partial charge is 0.326 e. The summed E-state index contributed by atoms with van der Waals surface area (Å²) >= 11 is 0. The number of guanidine groups is 1. The van der Waals surface area contributed by atoms with Crippen LogP contribution in [0.5, 0.6) is 0 Å². The highest BCUT2D eigenvalue weighted by Crippen LogP contribution is 2.08. The summed E-state index contributed by atoms with van der Waals surface area (Å²) in [6.07, 6.45) is 1.03. The Kier molecular flexibility index (Phi) is 19.9. The third-order valence-electron chi connectivity index (χ3n) is 6.66. The van der Waals surface area contributed by atoms with Gasteiger partial charge in [0.05, 0.1) is 6.54 Å². The zero-order chi connectivity index (χ0) is 35.4. The van der Waals surface area contributed by atoms with Gasteiger partial charge in [-0.05, 0) is 57.9 Å². The molecule has 0 spiro atoms. The number of carbonyl (C=O) groups is 7. The summed E-state index contributed by atoms with van der Waals surface area (Å²) in [6, 6.07) is -6.00. The summed E-state index contributed by atoms with van der Waals surface area (Å²) < 4.78 is 0. The number of carboxylic acid groups (broad SMARTS) is 1. The molecule has 0 saturated carbocycles.